The lowest BCUT2D eigenvalue weighted by atomic mass is 10.1. The summed E-state index contributed by atoms with van der Waals surface area (Å²) < 4.78 is 10.6. The normalized spacial score (nSPS) is 13.3. The Morgan fingerprint density at radius 1 is 1.17 bits per heavy atom. The van der Waals surface area contributed by atoms with Crippen molar-refractivity contribution in [1.29, 1.82) is 0 Å². The average Bonchev–Trinajstić information content (AvgIpc) is 2.86. The van der Waals surface area contributed by atoms with Crippen LogP contribution in [0, 0.1) is 0 Å². The Morgan fingerprint density at radius 2 is 1.97 bits per heavy atom. The van der Waals surface area contributed by atoms with Crippen molar-refractivity contribution >= 4 is 51.4 Å². The SMILES string of the molecule is COC(=O)c1c(NC(=O)CCCOc2ccc(Cl)cc2Cl)sc2c1CCCCC2. The van der Waals surface area contributed by atoms with E-state index in [1.54, 1.807) is 18.2 Å². The number of aryl methyl sites for hydroxylation is 1. The monoisotopic (exact) mass is 455 g/mol. The minimum atomic E-state index is -0.389. The van der Waals surface area contributed by atoms with Gasteiger partial charge in [0, 0.05) is 16.3 Å². The van der Waals surface area contributed by atoms with Gasteiger partial charge in [-0.15, -0.1) is 11.3 Å². The Morgan fingerprint density at radius 3 is 2.72 bits per heavy atom. The Balaban J connectivity index is 1.58. The number of benzene rings is 1. The number of esters is 1. The number of hydrogen-bond donors (Lipinski definition) is 1. The smallest absolute Gasteiger partial charge is 0.341 e. The zero-order chi connectivity index (χ0) is 20.8. The fourth-order valence-electron chi connectivity index (χ4n) is 3.34. The topological polar surface area (TPSA) is 64.6 Å². The molecule has 2 aromatic rings. The molecular weight excluding hydrogens is 433 g/mol. The van der Waals surface area contributed by atoms with Crippen molar-refractivity contribution in [3.05, 3.63) is 44.2 Å². The Kier molecular flexibility index (Phi) is 7.81. The van der Waals surface area contributed by atoms with Crippen LogP contribution in [0.1, 0.15) is 52.9 Å². The molecular formula is C21H23Cl2NO4S. The first-order valence-corrected chi connectivity index (χ1v) is 11.2. The molecule has 1 heterocycles. The van der Waals surface area contributed by atoms with Gasteiger partial charge in [-0.1, -0.05) is 29.6 Å². The Bertz CT molecular complexity index is 897. The predicted octanol–water partition coefficient (Wildman–Crippen LogP) is 5.91. The molecule has 0 aliphatic heterocycles. The van der Waals surface area contributed by atoms with Gasteiger partial charge in [0.05, 0.1) is 24.3 Å². The van der Waals surface area contributed by atoms with Crippen LogP contribution < -0.4 is 10.1 Å². The molecule has 5 nitrogen and oxygen atoms in total. The maximum Gasteiger partial charge on any atom is 0.341 e. The van der Waals surface area contributed by atoms with Gasteiger partial charge in [-0.25, -0.2) is 4.79 Å². The summed E-state index contributed by atoms with van der Waals surface area (Å²) in [5.41, 5.74) is 1.56. The van der Waals surface area contributed by atoms with Crippen LogP contribution in [0.4, 0.5) is 5.00 Å². The molecule has 1 aromatic heterocycles. The van der Waals surface area contributed by atoms with E-state index in [0.717, 1.165) is 37.7 Å². The van der Waals surface area contributed by atoms with E-state index in [0.29, 0.717) is 39.4 Å². The number of fused-ring (bicyclic) bond motifs is 1. The Hall–Kier alpha value is -1.76. The van der Waals surface area contributed by atoms with Crippen molar-refractivity contribution in [2.24, 2.45) is 0 Å². The summed E-state index contributed by atoms with van der Waals surface area (Å²) >= 11 is 13.4. The molecule has 29 heavy (non-hydrogen) atoms. The van der Waals surface area contributed by atoms with Gasteiger partial charge in [0.25, 0.3) is 0 Å². The first kappa shape index (κ1) is 21.9. The van der Waals surface area contributed by atoms with Crippen molar-refractivity contribution < 1.29 is 19.1 Å². The van der Waals surface area contributed by atoms with Crippen LogP contribution in [-0.4, -0.2) is 25.6 Å². The maximum atomic E-state index is 12.4. The van der Waals surface area contributed by atoms with Crippen LogP contribution in [0.2, 0.25) is 10.0 Å². The van der Waals surface area contributed by atoms with E-state index in [1.165, 1.54) is 23.3 Å². The summed E-state index contributed by atoms with van der Waals surface area (Å²) in [7, 11) is 1.37. The predicted molar refractivity (Wildman–Crippen MR) is 117 cm³/mol. The Labute approximate surface area is 184 Å². The van der Waals surface area contributed by atoms with Crippen molar-refractivity contribution in [3.63, 3.8) is 0 Å². The molecule has 1 aliphatic rings. The number of rotatable bonds is 7. The van der Waals surface area contributed by atoms with E-state index in [9.17, 15) is 9.59 Å². The average molecular weight is 456 g/mol. The van der Waals surface area contributed by atoms with Crippen LogP contribution in [0.15, 0.2) is 18.2 Å². The molecule has 0 spiro atoms. The maximum absolute atomic E-state index is 12.4. The molecule has 8 heteroatoms. The van der Waals surface area contributed by atoms with Crippen molar-refractivity contribution in [3.8, 4) is 5.75 Å². The van der Waals surface area contributed by atoms with Crippen LogP contribution in [0.5, 0.6) is 5.75 Å². The number of ether oxygens (including phenoxy) is 2. The zero-order valence-electron chi connectivity index (χ0n) is 16.2. The molecule has 3 rings (SSSR count). The fourth-order valence-corrected chi connectivity index (χ4v) is 5.10. The highest BCUT2D eigenvalue weighted by atomic mass is 35.5. The van der Waals surface area contributed by atoms with Crippen LogP contribution >= 0.6 is 34.5 Å². The molecule has 156 valence electrons. The van der Waals surface area contributed by atoms with Gasteiger partial charge in [-0.3, -0.25) is 4.79 Å². The minimum Gasteiger partial charge on any atom is -0.492 e. The lowest BCUT2D eigenvalue weighted by Gasteiger charge is -2.09. The summed E-state index contributed by atoms with van der Waals surface area (Å²) in [6, 6.07) is 5.01. The third kappa shape index (κ3) is 5.65. The number of hydrogen-bond acceptors (Lipinski definition) is 5. The number of nitrogens with one attached hydrogen (secondary N) is 1. The second kappa shape index (κ2) is 10.3. The molecule has 1 aliphatic carbocycles. The zero-order valence-corrected chi connectivity index (χ0v) is 18.5. The fraction of sp³-hybridized carbons (Fsp3) is 0.429. The number of amides is 1. The van der Waals surface area contributed by atoms with Crippen molar-refractivity contribution in [2.45, 2.75) is 44.9 Å². The van der Waals surface area contributed by atoms with Gasteiger partial charge in [0.2, 0.25) is 5.91 Å². The second-order valence-corrected chi connectivity index (χ2v) is 8.78. The van der Waals surface area contributed by atoms with Crippen molar-refractivity contribution in [1.82, 2.24) is 0 Å². The largest absolute Gasteiger partial charge is 0.492 e. The number of halogens is 2. The summed E-state index contributed by atoms with van der Waals surface area (Å²) in [5, 5.41) is 4.47. The number of thiophene rings is 1. The molecule has 1 N–H and O–H groups in total. The highest BCUT2D eigenvalue weighted by Crippen LogP contribution is 2.38. The second-order valence-electron chi connectivity index (χ2n) is 6.84. The summed E-state index contributed by atoms with van der Waals surface area (Å²) in [6.45, 7) is 0.347. The van der Waals surface area contributed by atoms with E-state index in [4.69, 9.17) is 32.7 Å². The molecule has 1 amide bonds. The standard InChI is InChI=1S/C21H23Cl2NO4S/c1-27-21(26)19-14-6-3-2-4-7-17(14)29-20(19)24-18(25)8-5-11-28-16-10-9-13(22)12-15(16)23/h9-10,12H,2-8,11H2,1H3,(H,24,25). The van der Waals surface area contributed by atoms with Gasteiger partial charge in [0.1, 0.15) is 10.8 Å². The van der Waals surface area contributed by atoms with Crippen LogP contribution in [0.3, 0.4) is 0 Å². The molecule has 0 saturated carbocycles. The number of carbonyl (C=O) groups is 2. The quantitative estimate of drug-likeness (QED) is 0.320. The summed E-state index contributed by atoms with van der Waals surface area (Å²) in [5.74, 6) is -0.00997. The molecule has 1 aromatic carbocycles. The molecule has 0 unspecified atom stereocenters. The third-order valence-corrected chi connectivity index (χ3v) is 6.50. The molecule has 0 saturated heterocycles. The van der Waals surface area contributed by atoms with Gasteiger partial charge in [-0.05, 0) is 55.9 Å². The number of methoxy groups -OCH3 is 1. The molecule has 0 bridgehead atoms. The van der Waals surface area contributed by atoms with E-state index in [2.05, 4.69) is 5.32 Å². The summed E-state index contributed by atoms with van der Waals surface area (Å²) in [6.07, 6.45) is 5.88. The minimum absolute atomic E-state index is 0.155. The highest BCUT2D eigenvalue weighted by molar-refractivity contribution is 7.17. The van der Waals surface area contributed by atoms with E-state index < -0.39 is 0 Å². The third-order valence-electron chi connectivity index (χ3n) is 4.76. The number of carbonyl (C=O) groups excluding carboxylic acids is 2. The van der Waals surface area contributed by atoms with E-state index in [-0.39, 0.29) is 18.3 Å². The first-order chi connectivity index (χ1) is 14.0. The van der Waals surface area contributed by atoms with Crippen molar-refractivity contribution in [2.75, 3.05) is 19.0 Å². The van der Waals surface area contributed by atoms with Gasteiger partial charge in [-0.2, -0.15) is 0 Å². The van der Waals surface area contributed by atoms with Gasteiger partial charge >= 0.3 is 5.97 Å². The van der Waals surface area contributed by atoms with Crippen LogP contribution in [0.25, 0.3) is 0 Å². The molecule has 0 atom stereocenters. The highest BCUT2D eigenvalue weighted by Gasteiger charge is 2.26. The molecule has 0 fully saturated rings. The summed E-state index contributed by atoms with van der Waals surface area (Å²) in [4.78, 5) is 25.9. The van der Waals surface area contributed by atoms with Gasteiger partial charge < -0.3 is 14.8 Å². The van der Waals surface area contributed by atoms with Crippen LogP contribution in [-0.2, 0) is 22.4 Å². The van der Waals surface area contributed by atoms with Gasteiger partial charge in [0.15, 0.2) is 0 Å². The van der Waals surface area contributed by atoms with E-state index >= 15 is 0 Å². The van der Waals surface area contributed by atoms with E-state index in [1.807, 2.05) is 0 Å². The lowest BCUT2D eigenvalue weighted by Crippen LogP contribution is -2.15. The molecule has 0 radical (unpaired) electrons. The number of anilines is 1. The first-order valence-electron chi connectivity index (χ1n) is 9.60. The lowest BCUT2D eigenvalue weighted by molar-refractivity contribution is -0.116.